The number of rotatable bonds is 6. The van der Waals surface area contributed by atoms with E-state index in [1.54, 1.807) is 24.3 Å². The molecule has 2 aromatic rings. The fourth-order valence-electron chi connectivity index (χ4n) is 3.99. The predicted molar refractivity (Wildman–Crippen MR) is 121 cm³/mol. The first-order chi connectivity index (χ1) is 14.9. The molecule has 0 saturated carbocycles. The summed E-state index contributed by atoms with van der Waals surface area (Å²) >= 11 is 1.38. The normalized spacial score (nSPS) is 18.7. The fourth-order valence-corrected chi connectivity index (χ4v) is 6.45. The summed E-state index contributed by atoms with van der Waals surface area (Å²) in [6.07, 6.45) is 7.15. The molecule has 1 fully saturated rings. The first kappa shape index (κ1) is 22.3. The van der Waals surface area contributed by atoms with Crippen LogP contribution in [0.3, 0.4) is 0 Å². The van der Waals surface area contributed by atoms with E-state index in [0.717, 1.165) is 56.1 Å². The van der Waals surface area contributed by atoms with Gasteiger partial charge in [0.05, 0.1) is 10.1 Å². The summed E-state index contributed by atoms with van der Waals surface area (Å²) in [4.78, 5) is 13.0. The standard InChI is InChI=1S/C21H29N5O3S2/c1-16(30-21-24-23-19-11-4-2-7-14-26(19)21)20(27)22-17-9-8-10-18(15-17)31(28,29)25-12-5-3-6-13-25/h8-10,15-16H,2-7,11-14H2,1H3,(H,22,27). The minimum atomic E-state index is -3.54. The highest BCUT2D eigenvalue weighted by molar-refractivity contribution is 8.00. The highest BCUT2D eigenvalue weighted by atomic mass is 32.2. The maximum absolute atomic E-state index is 12.9. The van der Waals surface area contributed by atoms with Gasteiger partial charge in [-0.15, -0.1) is 10.2 Å². The Bertz CT molecular complexity index is 1030. The Kier molecular flexibility index (Phi) is 6.98. The molecule has 168 valence electrons. The van der Waals surface area contributed by atoms with Gasteiger partial charge in [-0.3, -0.25) is 4.79 Å². The number of benzene rings is 1. The van der Waals surface area contributed by atoms with Crippen molar-refractivity contribution >= 4 is 33.4 Å². The van der Waals surface area contributed by atoms with Gasteiger partial charge < -0.3 is 9.88 Å². The van der Waals surface area contributed by atoms with E-state index in [9.17, 15) is 13.2 Å². The highest BCUT2D eigenvalue weighted by Gasteiger charge is 2.26. The van der Waals surface area contributed by atoms with Crippen LogP contribution in [0.15, 0.2) is 34.3 Å². The van der Waals surface area contributed by atoms with Gasteiger partial charge in [0.15, 0.2) is 5.16 Å². The first-order valence-electron chi connectivity index (χ1n) is 10.9. The number of thioether (sulfide) groups is 1. The number of hydrogen-bond donors (Lipinski definition) is 1. The third kappa shape index (κ3) is 5.12. The van der Waals surface area contributed by atoms with Crippen LogP contribution in [0.4, 0.5) is 5.69 Å². The molecule has 0 aliphatic carbocycles. The average molecular weight is 464 g/mol. The number of aryl methyl sites for hydroxylation is 1. The van der Waals surface area contributed by atoms with E-state index >= 15 is 0 Å². The fraction of sp³-hybridized carbons (Fsp3) is 0.571. The van der Waals surface area contributed by atoms with Crippen LogP contribution in [-0.4, -0.2) is 51.7 Å². The Labute approximate surface area is 187 Å². The summed E-state index contributed by atoms with van der Waals surface area (Å²) in [6.45, 7) is 3.81. The topological polar surface area (TPSA) is 97.2 Å². The van der Waals surface area contributed by atoms with Crippen LogP contribution >= 0.6 is 11.8 Å². The van der Waals surface area contributed by atoms with Crippen molar-refractivity contribution in [1.29, 1.82) is 0 Å². The van der Waals surface area contributed by atoms with Crippen LogP contribution in [-0.2, 0) is 27.8 Å². The van der Waals surface area contributed by atoms with E-state index < -0.39 is 10.0 Å². The monoisotopic (exact) mass is 463 g/mol. The summed E-state index contributed by atoms with van der Waals surface area (Å²) in [5, 5.41) is 11.8. The van der Waals surface area contributed by atoms with Crippen LogP contribution < -0.4 is 5.32 Å². The second-order valence-electron chi connectivity index (χ2n) is 8.10. The largest absolute Gasteiger partial charge is 0.325 e. The van der Waals surface area contributed by atoms with Crippen molar-refractivity contribution in [3.8, 4) is 0 Å². The molecule has 31 heavy (non-hydrogen) atoms. The number of sulfonamides is 1. The number of hydrogen-bond acceptors (Lipinski definition) is 6. The van der Waals surface area contributed by atoms with Crippen LogP contribution in [0, 0.1) is 0 Å². The number of fused-ring (bicyclic) bond motifs is 1. The predicted octanol–water partition coefficient (Wildman–Crippen LogP) is 3.30. The summed E-state index contributed by atoms with van der Waals surface area (Å²) in [5.41, 5.74) is 0.482. The van der Waals surface area contributed by atoms with E-state index in [1.165, 1.54) is 22.5 Å². The van der Waals surface area contributed by atoms with E-state index in [-0.39, 0.29) is 16.1 Å². The quantitative estimate of drug-likeness (QED) is 0.660. The molecule has 1 atom stereocenters. The van der Waals surface area contributed by atoms with Gasteiger partial charge in [0.25, 0.3) is 0 Å². The average Bonchev–Trinajstić information content (AvgIpc) is 3.00. The molecule has 4 rings (SSSR count). The molecule has 2 aliphatic heterocycles. The molecule has 1 saturated heterocycles. The van der Waals surface area contributed by atoms with Crippen LogP contribution in [0.5, 0.6) is 0 Å². The molecule has 0 radical (unpaired) electrons. The molecule has 0 bridgehead atoms. The van der Waals surface area contributed by atoms with Gasteiger partial charge in [-0.2, -0.15) is 4.31 Å². The Morgan fingerprint density at radius 1 is 1.06 bits per heavy atom. The van der Waals surface area contributed by atoms with E-state index in [4.69, 9.17) is 0 Å². The molecule has 1 amide bonds. The van der Waals surface area contributed by atoms with E-state index in [2.05, 4.69) is 20.1 Å². The molecular formula is C21H29N5O3S2. The van der Waals surface area contributed by atoms with Crippen molar-refractivity contribution in [2.45, 2.75) is 73.7 Å². The van der Waals surface area contributed by atoms with Crippen LogP contribution in [0.2, 0.25) is 0 Å². The lowest BCUT2D eigenvalue weighted by Gasteiger charge is -2.26. The second-order valence-corrected chi connectivity index (χ2v) is 11.3. The van der Waals surface area contributed by atoms with Gasteiger partial charge in [-0.05, 0) is 50.8 Å². The summed E-state index contributed by atoms with van der Waals surface area (Å²) in [6, 6.07) is 6.52. The first-order valence-corrected chi connectivity index (χ1v) is 13.3. The third-order valence-electron chi connectivity index (χ3n) is 5.78. The number of carbonyl (C=O) groups is 1. The van der Waals surface area contributed by atoms with Gasteiger partial charge in [0.2, 0.25) is 15.9 Å². The van der Waals surface area contributed by atoms with Gasteiger partial charge in [0.1, 0.15) is 5.82 Å². The van der Waals surface area contributed by atoms with E-state index in [1.807, 2.05) is 6.92 Å². The van der Waals surface area contributed by atoms with Crippen molar-refractivity contribution in [3.63, 3.8) is 0 Å². The lowest BCUT2D eigenvalue weighted by Crippen LogP contribution is -2.35. The van der Waals surface area contributed by atoms with Crippen molar-refractivity contribution < 1.29 is 13.2 Å². The maximum Gasteiger partial charge on any atom is 0.243 e. The van der Waals surface area contributed by atoms with Gasteiger partial charge >= 0.3 is 0 Å². The van der Waals surface area contributed by atoms with Gasteiger partial charge in [-0.25, -0.2) is 8.42 Å². The Morgan fingerprint density at radius 3 is 2.61 bits per heavy atom. The second kappa shape index (κ2) is 9.70. The van der Waals surface area contributed by atoms with Crippen molar-refractivity contribution in [1.82, 2.24) is 19.1 Å². The van der Waals surface area contributed by atoms with Crippen molar-refractivity contribution in [2.75, 3.05) is 18.4 Å². The highest BCUT2D eigenvalue weighted by Crippen LogP contribution is 2.27. The molecule has 3 heterocycles. The minimum Gasteiger partial charge on any atom is -0.325 e. The SMILES string of the molecule is CC(Sc1nnc2n1CCCCC2)C(=O)Nc1cccc(S(=O)(=O)N2CCCCC2)c1. The summed E-state index contributed by atoms with van der Waals surface area (Å²) in [7, 11) is -3.54. The smallest absolute Gasteiger partial charge is 0.243 e. The van der Waals surface area contributed by atoms with Crippen molar-refractivity contribution in [3.05, 3.63) is 30.1 Å². The van der Waals surface area contributed by atoms with Gasteiger partial charge in [-0.1, -0.05) is 30.7 Å². The molecule has 1 unspecified atom stereocenters. The number of carbonyl (C=O) groups excluding carboxylic acids is 1. The number of amides is 1. The zero-order valence-corrected chi connectivity index (χ0v) is 19.4. The Hall–Kier alpha value is -1.91. The number of nitrogens with zero attached hydrogens (tertiary/aromatic N) is 4. The molecule has 10 heteroatoms. The van der Waals surface area contributed by atoms with Crippen molar-refractivity contribution in [2.24, 2.45) is 0 Å². The van der Waals surface area contributed by atoms with Crippen LogP contribution in [0.25, 0.3) is 0 Å². The molecule has 1 aromatic carbocycles. The lowest BCUT2D eigenvalue weighted by atomic mass is 10.2. The van der Waals surface area contributed by atoms with Gasteiger partial charge in [0, 0.05) is 31.7 Å². The number of piperidine rings is 1. The minimum absolute atomic E-state index is 0.191. The zero-order chi connectivity index (χ0) is 21.8. The number of anilines is 1. The molecule has 8 nitrogen and oxygen atoms in total. The molecule has 0 spiro atoms. The zero-order valence-electron chi connectivity index (χ0n) is 17.8. The number of aromatic nitrogens is 3. The summed E-state index contributed by atoms with van der Waals surface area (Å²) in [5.74, 6) is 0.798. The Morgan fingerprint density at radius 2 is 1.81 bits per heavy atom. The van der Waals surface area contributed by atoms with E-state index in [0.29, 0.717) is 18.8 Å². The third-order valence-corrected chi connectivity index (χ3v) is 8.76. The number of nitrogens with one attached hydrogen (secondary N) is 1. The summed E-state index contributed by atoms with van der Waals surface area (Å²) < 4.78 is 29.5. The maximum atomic E-state index is 12.9. The van der Waals surface area contributed by atoms with Crippen LogP contribution in [0.1, 0.15) is 51.3 Å². The molecule has 1 aromatic heterocycles. The molecule has 2 aliphatic rings. The lowest BCUT2D eigenvalue weighted by molar-refractivity contribution is -0.115. The molecular weight excluding hydrogens is 434 g/mol. The Balaban J connectivity index is 1.43. The molecule has 1 N–H and O–H groups in total.